The van der Waals surface area contributed by atoms with Crippen LogP contribution in [0.2, 0.25) is 0 Å². The third-order valence-corrected chi connectivity index (χ3v) is 3.72. The molecular formula is C18H28F2IN3O3. The number of guanidine groups is 1. The molecule has 9 heteroatoms. The first kappa shape index (κ1) is 23.8. The minimum Gasteiger partial charge on any atom is -0.492 e. The minimum absolute atomic E-state index is 0. The van der Waals surface area contributed by atoms with Crippen molar-refractivity contribution in [3.63, 3.8) is 0 Å². The van der Waals surface area contributed by atoms with Gasteiger partial charge in [-0.3, -0.25) is 0 Å². The molecule has 0 aromatic heterocycles. The van der Waals surface area contributed by atoms with Crippen LogP contribution in [0, 0.1) is 11.6 Å². The standard InChI is InChI=1S/C18H27F2N3O3.HI/c1-3-21-18(23-13(2)11-26-15-6-8-24-12-15)22-7-9-25-14-4-5-16(19)17(20)10-14;/h4-5,10,13,15H,3,6-9,11-12H2,1-2H3,(H2,21,22,23);1H. The van der Waals surface area contributed by atoms with Crippen LogP contribution in [-0.2, 0) is 9.47 Å². The van der Waals surface area contributed by atoms with E-state index in [1.54, 1.807) is 0 Å². The Labute approximate surface area is 176 Å². The second-order valence-corrected chi connectivity index (χ2v) is 6.05. The smallest absolute Gasteiger partial charge is 0.191 e. The van der Waals surface area contributed by atoms with Gasteiger partial charge in [-0.1, -0.05) is 0 Å². The number of rotatable bonds is 9. The molecule has 0 bridgehead atoms. The molecule has 2 atom stereocenters. The lowest BCUT2D eigenvalue weighted by molar-refractivity contribution is 0.0347. The van der Waals surface area contributed by atoms with Gasteiger partial charge in [0.25, 0.3) is 0 Å². The van der Waals surface area contributed by atoms with Crippen molar-refractivity contribution in [2.45, 2.75) is 32.4 Å². The SMILES string of the molecule is CCNC(=NCCOc1ccc(F)c(F)c1)NC(C)COC1CCOC1.I. The molecule has 2 unspecified atom stereocenters. The zero-order valence-electron chi connectivity index (χ0n) is 15.7. The fourth-order valence-corrected chi connectivity index (χ4v) is 2.41. The molecule has 1 saturated heterocycles. The summed E-state index contributed by atoms with van der Waals surface area (Å²) in [6, 6.07) is 3.53. The van der Waals surface area contributed by atoms with E-state index in [1.807, 2.05) is 13.8 Å². The average molecular weight is 499 g/mol. The predicted molar refractivity (Wildman–Crippen MR) is 111 cm³/mol. The van der Waals surface area contributed by atoms with E-state index in [4.69, 9.17) is 14.2 Å². The number of nitrogens with one attached hydrogen (secondary N) is 2. The highest BCUT2D eigenvalue weighted by atomic mass is 127. The lowest BCUT2D eigenvalue weighted by Crippen LogP contribution is -2.44. The van der Waals surface area contributed by atoms with Crippen molar-refractivity contribution in [2.75, 3.05) is 39.5 Å². The Morgan fingerprint density at radius 1 is 1.37 bits per heavy atom. The first-order valence-electron chi connectivity index (χ1n) is 8.90. The molecule has 0 aliphatic carbocycles. The molecule has 1 aromatic carbocycles. The fraction of sp³-hybridized carbons (Fsp3) is 0.611. The largest absolute Gasteiger partial charge is 0.492 e. The Bertz CT molecular complexity index is 587. The van der Waals surface area contributed by atoms with Crippen LogP contribution < -0.4 is 15.4 Å². The number of nitrogens with zero attached hydrogens (tertiary/aromatic N) is 1. The van der Waals surface area contributed by atoms with E-state index in [9.17, 15) is 8.78 Å². The quantitative estimate of drug-likeness (QED) is 0.237. The van der Waals surface area contributed by atoms with E-state index in [1.165, 1.54) is 6.07 Å². The van der Waals surface area contributed by atoms with Crippen molar-refractivity contribution in [1.29, 1.82) is 0 Å². The van der Waals surface area contributed by atoms with Crippen molar-refractivity contribution in [3.8, 4) is 5.75 Å². The van der Waals surface area contributed by atoms with Crippen molar-refractivity contribution in [3.05, 3.63) is 29.8 Å². The van der Waals surface area contributed by atoms with Crippen LogP contribution >= 0.6 is 24.0 Å². The summed E-state index contributed by atoms with van der Waals surface area (Å²) in [7, 11) is 0. The van der Waals surface area contributed by atoms with Gasteiger partial charge in [-0.15, -0.1) is 24.0 Å². The summed E-state index contributed by atoms with van der Waals surface area (Å²) < 4.78 is 42.5. The van der Waals surface area contributed by atoms with Gasteiger partial charge in [-0.05, 0) is 32.4 Å². The molecule has 154 valence electrons. The van der Waals surface area contributed by atoms with Crippen molar-refractivity contribution < 1.29 is 23.0 Å². The Hall–Kier alpha value is -1.20. The van der Waals surface area contributed by atoms with Gasteiger partial charge in [0.2, 0.25) is 0 Å². The maximum atomic E-state index is 13.1. The Balaban J connectivity index is 0.00000364. The van der Waals surface area contributed by atoms with Crippen molar-refractivity contribution in [2.24, 2.45) is 4.99 Å². The highest BCUT2D eigenvalue weighted by Gasteiger charge is 2.17. The second kappa shape index (κ2) is 13.1. The molecule has 2 N–H and O–H groups in total. The fourth-order valence-electron chi connectivity index (χ4n) is 2.41. The zero-order valence-corrected chi connectivity index (χ0v) is 18.0. The van der Waals surface area contributed by atoms with Crippen LogP contribution in [0.3, 0.4) is 0 Å². The van der Waals surface area contributed by atoms with Crippen LogP contribution in [-0.4, -0.2) is 57.6 Å². The normalized spacial score (nSPS) is 17.9. The van der Waals surface area contributed by atoms with E-state index < -0.39 is 11.6 Å². The van der Waals surface area contributed by atoms with Crippen molar-refractivity contribution in [1.82, 2.24) is 10.6 Å². The molecule has 0 radical (unpaired) electrons. The summed E-state index contributed by atoms with van der Waals surface area (Å²) in [6.45, 7) is 7.32. The van der Waals surface area contributed by atoms with Gasteiger partial charge in [-0.25, -0.2) is 13.8 Å². The predicted octanol–water partition coefficient (Wildman–Crippen LogP) is 2.71. The van der Waals surface area contributed by atoms with Crippen LogP contribution in [0.15, 0.2) is 23.2 Å². The number of ether oxygens (including phenoxy) is 3. The highest BCUT2D eigenvalue weighted by molar-refractivity contribution is 14.0. The molecular weight excluding hydrogens is 471 g/mol. The maximum Gasteiger partial charge on any atom is 0.191 e. The number of benzene rings is 1. The summed E-state index contributed by atoms with van der Waals surface area (Å²) in [4.78, 5) is 4.41. The summed E-state index contributed by atoms with van der Waals surface area (Å²) in [5, 5.41) is 6.42. The van der Waals surface area contributed by atoms with E-state index in [0.29, 0.717) is 25.7 Å². The molecule has 1 fully saturated rings. The molecule has 1 heterocycles. The Morgan fingerprint density at radius 2 is 2.19 bits per heavy atom. The van der Waals surface area contributed by atoms with Gasteiger partial charge in [0.15, 0.2) is 17.6 Å². The third-order valence-electron chi connectivity index (χ3n) is 3.72. The second-order valence-electron chi connectivity index (χ2n) is 6.05. The zero-order chi connectivity index (χ0) is 18.8. The molecule has 0 saturated carbocycles. The van der Waals surface area contributed by atoms with Gasteiger partial charge in [0.05, 0.1) is 25.9 Å². The number of hydrogen-bond acceptors (Lipinski definition) is 4. The van der Waals surface area contributed by atoms with Crippen molar-refractivity contribution >= 4 is 29.9 Å². The molecule has 0 amide bonds. The molecule has 2 rings (SSSR count). The van der Waals surface area contributed by atoms with Gasteiger partial charge < -0.3 is 24.8 Å². The molecule has 0 spiro atoms. The van der Waals surface area contributed by atoms with Gasteiger partial charge in [-0.2, -0.15) is 0 Å². The van der Waals surface area contributed by atoms with E-state index in [0.717, 1.165) is 31.7 Å². The number of aliphatic imine (C=N–C) groups is 1. The Kier molecular flexibility index (Phi) is 11.5. The van der Waals surface area contributed by atoms with E-state index in [-0.39, 0.29) is 48.5 Å². The summed E-state index contributed by atoms with van der Waals surface area (Å²) in [6.07, 6.45) is 1.10. The monoisotopic (exact) mass is 499 g/mol. The van der Waals surface area contributed by atoms with E-state index in [2.05, 4.69) is 15.6 Å². The van der Waals surface area contributed by atoms with Crippen LogP contribution in [0.5, 0.6) is 5.75 Å². The molecule has 1 aliphatic rings. The Morgan fingerprint density at radius 3 is 2.85 bits per heavy atom. The van der Waals surface area contributed by atoms with Gasteiger partial charge in [0.1, 0.15) is 12.4 Å². The third kappa shape index (κ3) is 9.02. The number of halogens is 3. The first-order chi connectivity index (χ1) is 12.6. The number of hydrogen-bond donors (Lipinski definition) is 2. The summed E-state index contributed by atoms with van der Waals surface area (Å²) in [5.41, 5.74) is 0. The topological polar surface area (TPSA) is 64.1 Å². The summed E-state index contributed by atoms with van der Waals surface area (Å²) in [5.74, 6) is -0.894. The van der Waals surface area contributed by atoms with Crippen LogP contribution in [0.4, 0.5) is 8.78 Å². The van der Waals surface area contributed by atoms with Gasteiger partial charge in [0, 0.05) is 25.3 Å². The lowest BCUT2D eigenvalue weighted by atomic mass is 10.3. The van der Waals surface area contributed by atoms with Crippen LogP contribution in [0.1, 0.15) is 20.3 Å². The summed E-state index contributed by atoms with van der Waals surface area (Å²) >= 11 is 0. The highest BCUT2D eigenvalue weighted by Crippen LogP contribution is 2.15. The van der Waals surface area contributed by atoms with Crippen LogP contribution in [0.25, 0.3) is 0 Å². The maximum absolute atomic E-state index is 13.1. The molecule has 1 aromatic rings. The first-order valence-corrected chi connectivity index (χ1v) is 8.90. The van der Waals surface area contributed by atoms with E-state index >= 15 is 0 Å². The molecule has 27 heavy (non-hydrogen) atoms. The lowest BCUT2D eigenvalue weighted by Gasteiger charge is -2.19. The molecule has 1 aliphatic heterocycles. The van der Waals surface area contributed by atoms with Gasteiger partial charge >= 0.3 is 0 Å². The molecule has 6 nitrogen and oxygen atoms in total. The average Bonchev–Trinajstić information content (AvgIpc) is 3.13. The minimum atomic E-state index is -0.928.